The van der Waals surface area contributed by atoms with E-state index in [4.69, 9.17) is 0 Å². The first kappa shape index (κ1) is 16.6. The smallest absolute Gasteiger partial charge is 0.0719 e. The zero-order chi connectivity index (χ0) is 15.4. The number of aromatic nitrogens is 3. The SMILES string of the molecule is CCCNC(Cc1cc(C)nn1C)c1ncc(Br)cc1Br. The van der Waals surface area contributed by atoms with Crippen molar-refractivity contribution in [3.05, 3.63) is 44.4 Å². The Labute approximate surface area is 142 Å². The maximum atomic E-state index is 4.58. The van der Waals surface area contributed by atoms with E-state index >= 15 is 0 Å². The molecule has 0 aliphatic heterocycles. The second-order valence-electron chi connectivity index (χ2n) is 5.13. The average Bonchev–Trinajstić information content (AvgIpc) is 2.73. The molecular formula is C15H20Br2N4. The molecule has 0 amide bonds. The predicted molar refractivity (Wildman–Crippen MR) is 92.3 cm³/mol. The standard InChI is InChI=1S/C15H20Br2N4/c1-4-5-18-14(8-12-6-10(2)20-21(12)3)15-13(17)7-11(16)9-19-15/h6-7,9,14,18H,4-5,8H2,1-3H3. The molecule has 0 spiro atoms. The van der Waals surface area contributed by atoms with Gasteiger partial charge in [0.05, 0.1) is 17.4 Å². The second kappa shape index (κ2) is 7.51. The lowest BCUT2D eigenvalue weighted by atomic mass is 10.1. The molecule has 4 nitrogen and oxygen atoms in total. The van der Waals surface area contributed by atoms with E-state index in [9.17, 15) is 0 Å². The summed E-state index contributed by atoms with van der Waals surface area (Å²) in [4.78, 5) is 4.58. The highest BCUT2D eigenvalue weighted by molar-refractivity contribution is 9.11. The van der Waals surface area contributed by atoms with Gasteiger partial charge in [-0.2, -0.15) is 5.10 Å². The van der Waals surface area contributed by atoms with Crippen molar-refractivity contribution in [1.82, 2.24) is 20.1 Å². The second-order valence-corrected chi connectivity index (χ2v) is 6.90. The topological polar surface area (TPSA) is 42.7 Å². The highest BCUT2D eigenvalue weighted by Gasteiger charge is 2.18. The molecule has 114 valence electrons. The van der Waals surface area contributed by atoms with E-state index in [1.165, 1.54) is 5.69 Å². The first-order valence-corrected chi connectivity index (χ1v) is 8.63. The van der Waals surface area contributed by atoms with Gasteiger partial charge in [-0.1, -0.05) is 6.92 Å². The van der Waals surface area contributed by atoms with Gasteiger partial charge in [-0.05, 0) is 63.9 Å². The third kappa shape index (κ3) is 4.37. The third-order valence-corrected chi connectivity index (χ3v) is 4.39. The molecule has 2 aromatic heterocycles. The first-order valence-electron chi connectivity index (χ1n) is 7.05. The van der Waals surface area contributed by atoms with Gasteiger partial charge in [0.1, 0.15) is 0 Å². The molecule has 1 unspecified atom stereocenters. The van der Waals surface area contributed by atoms with Crippen LogP contribution in [-0.4, -0.2) is 21.3 Å². The maximum absolute atomic E-state index is 4.58. The van der Waals surface area contributed by atoms with Crippen LogP contribution >= 0.6 is 31.9 Å². The number of nitrogens with zero attached hydrogens (tertiary/aromatic N) is 3. The van der Waals surface area contributed by atoms with Gasteiger partial charge in [0, 0.05) is 34.3 Å². The molecule has 0 bridgehead atoms. The molecule has 0 aliphatic carbocycles. The van der Waals surface area contributed by atoms with Crippen molar-refractivity contribution >= 4 is 31.9 Å². The Morgan fingerprint density at radius 2 is 2.10 bits per heavy atom. The molecule has 0 aliphatic rings. The zero-order valence-electron chi connectivity index (χ0n) is 12.5. The van der Waals surface area contributed by atoms with Crippen molar-refractivity contribution in [2.75, 3.05) is 6.54 Å². The van der Waals surface area contributed by atoms with E-state index in [1.54, 1.807) is 0 Å². The number of rotatable bonds is 6. The van der Waals surface area contributed by atoms with E-state index in [0.29, 0.717) is 0 Å². The van der Waals surface area contributed by atoms with Gasteiger partial charge in [0.2, 0.25) is 0 Å². The first-order chi connectivity index (χ1) is 10.0. The Morgan fingerprint density at radius 1 is 1.33 bits per heavy atom. The van der Waals surface area contributed by atoms with Crippen LogP contribution in [0, 0.1) is 6.92 Å². The summed E-state index contributed by atoms with van der Waals surface area (Å²) in [7, 11) is 1.99. The van der Waals surface area contributed by atoms with Gasteiger partial charge in [-0.15, -0.1) is 0 Å². The van der Waals surface area contributed by atoms with Crippen LogP contribution in [0.3, 0.4) is 0 Å². The van der Waals surface area contributed by atoms with E-state index in [0.717, 1.165) is 39.7 Å². The molecule has 1 N–H and O–H groups in total. The lowest BCUT2D eigenvalue weighted by Gasteiger charge is -2.19. The summed E-state index contributed by atoms with van der Waals surface area (Å²) < 4.78 is 3.94. The minimum atomic E-state index is 0.169. The van der Waals surface area contributed by atoms with Crippen LogP contribution in [0.4, 0.5) is 0 Å². The van der Waals surface area contributed by atoms with Gasteiger partial charge in [-0.3, -0.25) is 9.67 Å². The van der Waals surface area contributed by atoms with E-state index in [2.05, 4.69) is 60.2 Å². The number of nitrogens with one attached hydrogen (secondary N) is 1. The molecule has 2 heterocycles. The summed E-state index contributed by atoms with van der Waals surface area (Å²) >= 11 is 7.07. The number of halogens is 2. The Morgan fingerprint density at radius 3 is 2.67 bits per heavy atom. The van der Waals surface area contributed by atoms with Gasteiger partial charge in [-0.25, -0.2) is 0 Å². The molecule has 1 atom stereocenters. The molecule has 0 fully saturated rings. The number of hydrogen-bond donors (Lipinski definition) is 1. The molecule has 0 saturated carbocycles. The fourth-order valence-corrected chi connectivity index (χ4v) is 3.59. The van der Waals surface area contributed by atoms with Crippen LogP contribution in [0.25, 0.3) is 0 Å². The van der Waals surface area contributed by atoms with Crippen molar-refractivity contribution in [2.45, 2.75) is 32.7 Å². The fourth-order valence-electron chi connectivity index (χ4n) is 2.33. The third-order valence-electron chi connectivity index (χ3n) is 3.32. The summed E-state index contributed by atoms with van der Waals surface area (Å²) in [5, 5.41) is 8.01. The van der Waals surface area contributed by atoms with Crippen LogP contribution in [0.15, 0.2) is 27.3 Å². The van der Waals surface area contributed by atoms with Crippen molar-refractivity contribution in [2.24, 2.45) is 7.05 Å². The van der Waals surface area contributed by atoms with Crippen molar-refractivity contribution in [3.8, 4) is 0 Å². The van der Waals surface area contributed by atoms with E-state index < -0.39 is 0 Å². The van der Waals surface area contributed by atoms with Crippen LogP contribution < -0.4 is 5.32 Å². The zero-order valence-corrected chi connectivity index (χ0v) is 15.7. The molecule has 0 saturated heterocycles. The number of pyridine rings is 1. The monoisotopic (exact) mass is 414 g/mol. The molecule has 2 aromatic rings. The lowest BCUT2D eigenvalue weighted by Crippen LogP contribution is -2.26. The summed E-state index contributed by atoms with van der Waals surface area (Å²) in [6.07, 6.45) is 3.80. The van der Waals surface area contributed by atoms with Gasteiger partial charge in [0.25, 0.3) is 0 Å². The van der Waals surface area contributed by atoms with E-state index in [-0.39, 0.29) is 6.04 Å². The van der Waals surface area contributed by atoms with Gasteiger partial charge >= 0.3 is 0 Å². The summed E-state index contributed by atoms with van der Waals surface area (Å²) in [5.74, 6) is 0. The number of aryl methyl sites for hydroxylation is 2. The summed E-state index contributed by atoms with van der Waals surface area (Å²) in [6.45, 7) is 5.15. The quantitative estimate of drug-likeness (QED) is 0.776. The highest BCUT2D eigenvalue weighted by atomic mass is 79.9. The predicted octanol–water partition coefficient (Wildman–Crippen LogP) is 3.93. The summed E-state index contributed by atoms with van der Waals surface area (Å²) in [5.41, 5.74) is 3.28. The Hall–Kier alpha value is -0.720. The average molecular weight is 416 g/mol. The largest absolute Gasteiger partial charge is 0.308 e. The van der Waals surface area contributed by atoms with Gasteiger partial charge in [0.15, 0.2) is 0 Å². The number of hydrogen-bond acceptors (Lipinski definition) is 3. The Bertz CT molecular complexity index is 610. The van der Waals surface area contributed by atoms with Crippen LogP contribution in [0.2, 0.25) is 0 Å². The molecular weight excluding hydrogens is 396 g/mol. The van der Waals surface area contributed by atoms with Crippen LogP contribution in [0.5, 0.6) is 0 Å². The lowest BCUT2D eigenvalue weighted by molar-refractivity contribution is 0.500. The highest BCUT2D eigenvalue weighted by Crippen LogP contribution is 2.27. The van der Waals surface area contributed by atoms with Crippen molar-refractivity contribution < 1.29 is 0 Å². The molecule has 21 heavy (non-hydrogen) atoms. The van der Waals surface area contributed by atoms with Crippen LogP contribution in [-0.2, 0) is 13.5 Å². The van der Waals surface area contributed by atoms with Crippen molar-refractivity contribution in [3.63, 3.8) is 0 Å². The van der Waals surface area contributed by atoms with Crippen molar-refractivity contribution in [1.29, 1.82) is 0 Å². The fraction of sp³-hybridized carbons (Fsp3) is 0.467. The summed E-state index contributed by atoms with van der Waals surface area (Å²) in [6, 6.07) is 4.34. The molecule has 6 heteroatoms. The molecule has 0 aromatic carbocycles. The van der Waals surface area contributed by atoms with Crippen LogP contribution in [0.1, 0.15) is 36.5 Å². The Kier molecular flexibility index (Phi) is 5.96. The minimum absolute atomic E-state index is 0.169. The Balaban J connectivity index is 2.27. The minimum Gasteiger partial charge on any atom is -0.308 e. The van der Waals surface area contributed by atoms with Gasteiger partial charge < -0.3 is 5.32 Å². The maximum Gasteiger partial charge on any atom is 0.0719 e. The molecule has 2 rings (SSSR count). The molecule has 0 radical (unpaired) electrons. The normalized spacial score (nSPS) is 12.6. The van der Waals surface area contributed by atoms with E-state index in [1.807, 2.05) is 30.9 Å².